The van der Waals surface area contributed by atoms with E-state index in [1.165, 1.54) is 11.1 Å². The Labute approximate surface area is 157 Å². The zero-order chi connectivity index (χ0) is 19.0. The van der Waals surface area contributed by atoms with Gasteiger partial charge in [-0.15, -0.1) is 0 Å². The smallest absolute Gasteiger partial charge is 0.314 e. The van der Waals surface area contributed by atoms with Crippen molar-refractivity contribution in [3.63, 3.8) is 0 Å². The van der Waals surface area contributed by atoms with Crippen molar-refractivity contribution in [1.82, 2.24) is 15.5 Å². The van der Waals surface area contributed by atoms with Gasteiger partial charge in [0.05, 0.1) is 0 Å². The number of hydrogen-bond donors (Lipinski definition) is 2. The van der Waals surface area contributed by atoms with Gasteiger partial charge in [0, 0.05) is 24.5 Å². The van der Waals surface area contributed by atoms with Gasteiger partial charge < -0.3 is 15.5 Å². The van der Waals surface area contributed by atoms with Crippen molar-refractivity contribution in [2.45, 2.75) is 31.7 Å². The van der Waals surface area contributed by atoms with Gasteiger partial charge in [-0.2, -0.15) is 0 Å². The van der Waals surface area contributed by atoms with E-state index in [2.05, 4.69) is 77.9 Å². The molecule has 0 spiro atoms. The monoisotopic (exact) mass is 353 g/mol. The number of nitrogens with zero attached hydrogens (tertiary/aromatic N) is 1. The van der Waals surface area contributed by atoms with Crippen LogP contribution in [-0.4, -0.2) is 43.7 Å². The third kappa shape index (κ3) is 5.88. The van der Waals surface area contributed by atoms with Crippen LogP contribution in [0.15, 0.2) is 60.7 Å². The number of amides is 2. The van der Waals surface area contributed by atoms with E-state index < -0.39 is 0 Å². The molecule has 0 atom stereocenters. The topological polar surface area (TPSA) is 44.4 Å². The van der Waals surface area contributed by atoms with Crippen LogP contribution in [0, 0.1) is 0 Å². The number of carbonyl (C=O) groups excluding carboxylic acids is 1. The summed E-state index contributed by atoms with van der Waals surface area (Å²) in [7, 11) is 4.04. The molecule has 0 radical (unpaired) electrons. The quantitative estimate of drug-likeness (QED) is 0.757. The van der Waals surface area contributed by atoms with Crippen LogP contribution in [-0.2, 0) is 0 Å². The van der Waals surface area contributed by atoms with Crippen molar-refractivity contribution in [3.05, 3.63) is 71.8 Å². The Morgan fingerprint density at radius 2 is 1.42 bits per heavy atom. The van der Waals surface area contributed by atoms with Gasteiger partial charge in [0.15, 0.2) is 0 Å². The minimum Gasteiger partial charge on any atom is -0.338 e. The second kappa shape index (κ2) is 9.39. The maximum Gasteiger partial charge on any atom is 0.314 e. The highest BCUT2D eigenvalue weighted by atomic mass is 16.2. The molecule has 2 aromatic carbocycles. The van der Waals surface area contributed by atoms with Crippen molar-refractivity contribution in [2.75, 3.05) is 27.2 Å². The Balaban J connectivity index is 1.91. The van der Waals surface area contributed by atoms with Crippen molar-refractivity contribution >= 4 is 6.03 Å². The highest BCUT2D eigenvalue weighted by molar-refractivity contribution is 5.73. The van der Waals surface area contributed by atoms with Crippen LogP contribution >= 0.6 is 0 Å². The van der Waals surface area contributed by atoms with Crippen molar-refractivity contribution in [3.8, 4) is 0 Å². The summed E-state index contributed by atoms with van der Waals surface area (Å²) in [5.41, 5.74) is 2.47. The first kappa shape index (κ1) is 20.0. The first-order valence-corrected chi connectivity index (χ1v) is 9.19. The summed E-state index contributed by atoms with van der Waals surface area (Å²) in [4.78, 5) is 14.2. The molecule has 2 N–H and O–H groups in total. The van der Waals surface area contributed by atoms with E-state index in [0.29, 0.717) is 13.1 Å². The van der Waals surface area contributed by atoms with Crippen molar-refractivity contribution in [2.24, 2.45) is 0 Å². The van der Waals surface area contributed by atoms with E-state index in [1.807, 2.05) is 26.2 Å². The number of carbonyl (C=O) groups is 1. The van der Waals surface area contributed by atoms with Crippen LogP contribution in [0.1, 0.15) is 37.3 Å². The SMILES string of the molecule is CN(C)C(C)(C)CNC(=O)NCCC(c1ccccc1)c1ccccc1. The van der Waals surface area contributed by atoms with Crippen LogP contribution < -0.4 is 10.6 Å². The highest BCUT2D eigenvalue weighted by Gasteiger charge is 2.21. The van der Waals surface area contributed by atoms with E-state index in [1.54, 1.807) is 0 Å². The maximum absolute atomic E-state index is 12.1. The van der Waals surface area contributed by atoms with Gasteiger partial charge in [0.25, 0.3) is 0 Å². The lowest BCUT2D eigenvalue weighted by molar-refractivity contribution is 0.186. The molecule has 0 bridgehead atoms. The number of nitrogens with one attached hydrogen (secondary N) is 2. The molecular formula is C22H31N3O. The summed E-state index contributed by atoms with van der Waals surface area (Å²) in [5, 5.41) is 5.96. The highest BCUT2D eigenvalue weighted by Crippen LogP contribution is 2.27. The third-order valence-corrected chi connectivity index (χ3v) is 5.01. The molecule has 0 unspecified atom stereocenters. The van der Waals surface area contributed by atoms with Gasteiger partial charge in [-0.1, -0.05) is 60.7 Å². The summed E-state index contributed by atoms with van der Waals surface area (Å²) in [5.74, 6) is 0.274. The molecule has 0 saturated carbocycles. The fourth-order valence-corrected chi connectivity index (χ4v) is 2.74. The largest absolute Gasteiger partial charge is 0.338 e. The molecule has 0 fully saturated rings. The summed E-state index contributed by atoms with van der Waals surface area (Å²) in [6, 6.07) is 20.8. The van der Waals surface area contributed by atoms with Gasteiger partial charge in [-0.3, -0.25) is 0 Å². The van der Waals surface area contributed by atoms with E-state index in [4.69, 9.17) is 0 Å². The fraction of sp³-hybridized carbons (Fsp3) is 0.409. The van der Waals surface area contributed by atoms with Crippen LogP contribution in [0.3, 0.4) is 0 Å². The predicted molar refractivity (Wildman–Crippen MR) is 109 cm³/mol. The third-order valence-electron chi connectivity index (χ3n) is 5.01. The lowest BCUT2D eigenvalue weighted by Gasteiger charge is -2.32. The molecule has 2 amide bonds. The molecule has 4 heteroatoms. The standard InChI is InChI=1S/C22H31N3O/c1-22(2,25(3)4)17-24-21(26)23-16-15-20(18-11-7-5-8-12-18)19-13-9-6-10-14-19/h5-14,20H,15-17H2,1-4H3,(H2,23,24,26). The van der Waals surface area contributed by atoms with Crippen LogP contribution in [0.5, 0.6) is 0 Å². The van der Waals surface area contributed by atoms with Crippen molar-refractivity contribution in [1.29, 1.82) is 0 Å². The summed E-state index contributed by atoms with van der Waals surface area (Å²) >= 11 is 0. The average molecular weight is 354 g/mol. The van der Waals surface area contributed by atoms with Crippen LogP contribution in [0.2, 0.25) is 0 Å². The maximum atomic E-state index is 12.1. The van der Waals surface area contributed by atoms with E-state index in [-0.39, 0.29) is 17.5 Å². The van der Waals surface area contributed by atoms with Crippen LogP contribution in [0.4, 0.5) is 4.79 Å². The summed E-state index contributed by atoms with van der Waals surface area (Å²) in [6.07, 6.45) is 0.860. The molecule has 0 aliphatic rings. The number of hydrogen-bond acceptors (Lipinski definition) is 2. The Hall–Kier alpha value is -2.33. The molecule has 140 valence electrons. The van der Waals surface area contributed by atoms with Gasteiger partial charge >= 0.3 is 6.03 Å². The number of likely N-dealkylation sites (N-methyl/N-ethyl adjacent to an activating group) is 1. The van der Waals surface area contributed by atoms with Crippen molar-refractivity contribution < 1.29 is 4.79 Å². The first-order chi connectivity index (χ1) is 12.4. The normalized spacial score (nSPS) is 11.6. The lowest BCUT2D eigenvalue weighted by atomic mass is 9.88. The molecule has 0 aliphatic carbocycles. The van der Waals surface area contributed by atoms with Gasteiger partial charge in [-0.25, -0.2) is 4.79 Å². The molecule has 2 aromatic rings. The molecule has 2 rings (SSSR count). The Morgan fingerprint density at radius 1 is 0.923 bits per heavy atom. The van der Waals surface area contributed by atoms with Gasteiger partial charge in [-0.05, 0) is 45.5 Å². The zero-order valence-electron chi connectivity index (χ0n) is 16.3. The number of rotatable bonds is 8. The Kier molecular flexibility index (Phi) is 7.22. The predicted octanol–water partition coefficient (Wildman–Crippen LogP) is 3.85. The molecule has 0 heterocycles. The van der Waals surface area contributed by atoms with Crippen LogP contribution in [0.25, 0.3) is 0 Å². The average Bonchev–Trinajstić information content (AvgIpc) is 2.65. The Morgan fingerprint density at radius 3 is 1.88 bits per heavy atom. The zero-order valence-corrected chi connectivity index (χ0v) is 16.3. The Bertz CT molecular complexity index is 629. The second-order valence-electron chi connectivity index (χ2n) is 7.48. The fourth-order valence-electron chi connectivity index (χ4n) is 2.74. The van der Waals surface area contributed by atoms with E-state index in [9.17, 15) is 4.79 Å². The van der Waals surface area contributed by atoms with Gasteiger partial charge in [0.2, 0.25) is 0 Å². The molecule has 0 saturated heterocycles. The van der Waals surface area contributed by atoms with Gasteiger partial charge in [0.1, 0.15) is 0 Å². The summed E-state index contributed by atoms with van der Waals surface area (Å²) in [6.45, 7) is 5.44. The molecule has 0 aromatic heterocycles. The molecular weight excluding hydrogens is 322 g/mol. The molecule has 26 heavy (non-hydrogen) atoms. The minimum absolute atomic E-state index is 0.0754. The number of benzene rings is 2. The van der Waals surface area contributed by atoms with E-state index >= 15 is 0 Å². The number of urea groups is 1. The van der Waals surface area contributed by atoms with E-state index in [0.717, 1.165) is 6.42 Å². The first-order valence-electron chi connectivity index (χ1n) is 9.19. The minimum atomic E-state index is -0.111. The molecule has 0 aliphatic heterocycles. The lowest BCUT2D eigenvalue weighted by Crippen LogP contribution is -2.50. The molecule has 4 nitrogen and oxygen atoms in total. The second-order valence-corrected chi connectivity index (χ2v) is 7.48. The summed E-state index contributed by atoms with van der Waals surface area (Å²) < 4.78 is 0.